The van der Waals surface area contributed by atoms with Crippen LogP contribution in [0.5, 0.6) is 0 Å². The van der Waals surface area contributed by atoms with Crippen molar-refractivity contribution in [1.29, 1.82) is 0 Å². The minimum absolute atomic E-state index is 0.214. The van der Waals surface area contributed by atoms with Crippen LogP contribution in [0.15, 0.2) is 15.8 Å². The lowest BCUT2D eigenvalue weighted by Crippen LogP contribution is -2.32. The lowest BCUT2D eigenvalue weighted by molar-refractivity contribution is 0.107. The second-order valence-corrected chi connectivity index (χ2v) is 13.4. The van der Waals surface area contributed by atoms with Gasteiger partial charge in [-0.1, -0.05) is 90.4 Å². The maximum atomic E-state index is 13.2. The van der Waals surface area contributed by atoms with Gasteiger partial charge in [-0.05, 0) is 12.8 Å². The van der Waals surface area contributed by atoms with Crippen LogP contribution in [0.2, 0.25) is 0 Å². The van der Waals surface area contributed by atoms with Crippen molar-refractivity contribution in [2.75, 3.05) is 32.8 Å². The summed E-state index contributed by atoms with van der Waals surface area (Å²) in [6.45, 7) is 2.34. The van der Waals surface area contributed by atoms with E-state index in [1.807, 2.05) is 0 Å². The molecular weight excluding hydrogens is 581 g/mol. The van der Waals surface area contributed by atoms with Crippen LogP contribution >= 0.6 is 15.4 Å². The molecule has 2 unspecified atom stereocenters. The summed E-state index contributed by atoms with van der Waals surface area (Å²) in [4.78, 5) is 43.7. The Morgan fingerprint density at radius 1 is 0.780 bits per heavy atom. The highest BCUT2D eigenvalue weighted by atomic mass is 31.3. The Kier molecular flexibility index (Phi) is 20.7. The molecule has 0 bridgehead atoms. The van der Waals surface area contributed by atoms with Crippen LogP contribution in [-0.4, -0.2) is 52.1 Å². The molecule has 3 N–H and O–H groups in total. The topological polar surface area (TPSA) is 166 Å². The monoisotopic (exact) mass is 630 g/mol. The normalized spacial score (nSPS) is 14.6. The third-order valence-corrected chi connectivity index (χ3v) is 9.12. The van der Waals surface area contributed by atoms with E-state index in [9.17, 15) is 32.9 Å². The quantitative estimate of drug-likeness (QED) is 0.0792. The Morgan fingerprint density at radius 3 is 1.90 bits per heavy atom. The Bertz CT molecular complexity index is 1040. The van der Waals surface area contributed by atoms with Gasteiger partial charge in [0.15, 0.2) is 0 Å². The molecule has 15 heteroatoms. The lowest BCUT2D eigenvalue weighted by atomic mass is 10.0. The van der Waals surface area contributed by atoms with Gasteiger partial charge in [0.25, 0.3) is 5.56 Å². The standard InChI is InChI=1S/C26H49FN2O10P2/c1-2-3-4-5-6-7-8-9-10-11-12-13-14-15-18-36-19-16-20-38-41(34,35)39-40(32,33)23-37-21-17-29-22-24(27)25(30)28-26(29)31/h22H,2-21,23H2,1H3,(H,32,33)(H,34,35)(H,28,30,31). The van der Waals surface area contributed by atoms with Crippen LogP contribution in [0.4, 0.5) is 4.39 Å². The molecule has 0 aliphatic rings. The summed E-state index contributed by atoms with van der Waals surface area (Å²) in [6, 6.07) is 0. The number of hydrogen-bond donors (Lipinski definition) is 3. The zero-order chi connectivity index (χ0) is 30.4. The predicted octanol–water partition coefficient (Wildman–Crippen LogP) is 5.86. The van der Waals surface area contributed by atoms with Crippen molar-refractivity contribution in [1.82, 2.24) is 9.55 Å². The lowest BCUT2D eigenvalue weighted by Gasteiger charge is -2.16. The second-order valence-electron chi connectivity index (χ2n) is 10.1. The molecule has 0 aliphatic carbocycles. The summed E-state index contributed by atoms with van der Waals surface area (Å²) in [7, 11) is -9.50. The number of aromatic amines is 1. The van der Waals surface area contributed by atoms with Crippen LogP contribution in [-0.2, 0) is 34.0 Å². The smallest absolute Gasteiger partial charge is 0.381 e. The van der Waals surface area contributed by atoms with E-state index in [-0.39, 0.29) is 19.8 Å². The van der Waals surface area contributed by atoms with Crippen LogP contribution in [0, 0.1) is 5.82 Å². The Labute approximate surface area is 242 Å². The van der Waals surface area contributed by atoms with Gasteiger partial charge >= 0.3 is 21.1 Å². The van der Waals surface area contributed by atoms with Crippen molar-refractivity contribution in [3.63, 3.8) is 0 Å². The number of ether oxygens (including phenoxy) is 2. The number of unbranched alkanes of at least 4 members (excludes halogenated alkanes) is 13. The molecule has 12 nitrogen and oxygen atoms in total. The van der Waals surface area contributed by atoms with E-state index in [1.54, 1.807) is 4.98 Å². The zero-order valence-electron chi connectivity index (χ0n) is 24.3. The van der Waals surface area contributed by atoms with Gasteiger partial charge in [0.1, 0.15) is 6.35 Å². The minimum Gasteiger partial charge on any atom is -0.381 e. The first kappa shape index (κ1) is 37.9. The molecule has 1 rings (SSSR count). The van der Waals surface area contributed by atoms with Crippen LogP contribution in [0.3, 0.4) is 0 Å². The van der Waals surface area contributed by atoms with Crippen molar-refractivity contribution in [3.8, 4) is 0 Å². The molecule has 1 aromatic rings. The number of phosphoric acid groups is 1. The second kappa shape index (κ2) is 22.4. The van der Waals surface area contributed by atoms with Crippen LogP contribution in [0.1, 0.15) is 103 Å². The van der Waals surface area contributed by atoms with Gasteiger partial charge in [0.05, 0.1) is 26.0 Å². The number of aromatic nitrogens is 2. The average Bonchev–Trinajstić information content (AvgIpc) is 2.90. The molecule has 0 aliphatic heterocycles. The molecule has 240 valence electrons. The van der Waals surface area contributed by atoms with Crippen molar-refractivity contribution in [2.24, 2.45) is 0 Å². The van der Waals surface area contributed by atoms with Crippen LogP contribution in [0.25, 0.3) is 0 Å². The fourth-order valence-electron chi connectivity index (χ4n) is 4.04. The summed E-state index contributed by atoms with van der Waals surface area (Å²) in [5.74, 6) is -1.18. The fraction of sp³-hybridized carbons (Fsp3) is 0.846. The first-order valence-corrected chi connectivity index (χ1v) is 18.0. The number of nitrogens with one attached hydrogen (secondary N) is 1. The van der Waals surface area contributed by atoms with Crippen molar-refractivity contribution in [3.05, 3.63) is 32.9 Å². The molecule has 2 atom stereocenters. The third-order valence-electron chi connectivity index (χ3n) is 6.26. The Balaban J connectivity index is 1.99. The van der Waals surface area contributed by atoms with E-state index in [4.69, 9.17) is 14.0 Å². The molecule has 0 saturated heterocycles. The van der Waals surface area contributed by atoms with E-state index in [0.717, 1.165) is 17.4 Å². The first-order chi connectivity index (χ1) is 19.6. The molecule has 41 heavy (non-hydrogen) atoms. The minimum atomic E-state index is -4.83. The van der Waals surface area contributed by atoms with Gasteiger partial charge in [-0.25, -0.2) is 13.7 Å². The predicted molar refractivity (Wildman–Crippen MR) is 155 cm³/mol. The number of hydrogen-bond acceptors (Lipinski definition) is 8. The third kappa shape index (κ3) is 20.4. The van der Waals surface area contributed by atoms with Gasteiger partial charge in [-0.3, -0.25) is 23.4 Å². The van der Waals surface area contributed by atoms with E-state index in [1.165, 1.54) is 77.0 Å². The number of rotatable bonds is 27. The molecule has 0 spiro atoms. The molecule has 0 saturated carbocycles. The summed E-state index contributed by atoms with van der Waals surface area (Å²) in [6.07, 6.45) is 17.9. The highest BCUT2D eigenvalue weighted by Gasteiger charge is 2.33. The van der Waals surface area contributed by atoms with E-state index < -0.39 is 38.8 Å². The Morgan fingerprint density at radius 2 is 1.32 bits per heavy atom. The first-order valence-electron chi connectivity index (χ1n) is 14.7. The molecule has 1 aromatic heterocycles. The molecule has 0 aromatic carbocycles. The van der Waals surface area contributed by atoms with Gasteiger partial charge in [0, 0.05) is 13.2 Å². The summed E-state index contributed by atoms with van der Waals surface area (Å²) < 4.78 is 57.4. The van der Waals surface area contributed by atoms with Gasteiger partial charge < -0.3 is 19.3 Å². The molecular formula is C26H49FN2O10P2. The Hall–Kier alpha value is -1.17. The summed E-state index contributed by atoms with van der Waals surface area (Å²) >= 11 is 0. The molecule has 0 radical (unpaired) electrons. The molecule has 1 heterocycles. The number of phosphoric ester groups is 1. The zero-order valence-corrected chi connectivity index (χ0v) is 26.1. The molecule has 0 fully saturated rings. The number of halogens is 1. The van der Waals surface area contributed by atoms with E-state index in [0.29, 0.717) is 25.8 Å². The summed E-state index contributed by atoms with van der Waals surface area (Å²) in [5, 5.41) is 0. The van der Waals surface area contributed by atoms with Gasteiger partial charge in [-0.2, -0.15) is 4.39 Å². The number of H-pyrrole nitrogens is 1. The maximum Gasteiger partial charge on any atom is 0.479 e. The van der Waals surface area contributed by atoms with Gasteiger partial charge in [-0.15, -0.1) is 0 Å². The summed E-state index contributed by atoms with van der Waals surface area (Å²) in [5.41, 5.74) is -2.06. The average molecular weight is 631 g/mol. The SMILES string of the molecule is CCCCCCCCCCCCCCCCOCCCOP(=O)(O)OP(=O)(O)COCCn1cc(F)c(=O)[nH]c1=O. The van der Waals surface area contributed by atoms with Gasteiger partial charge in [0.2, 0.25) is 5.82 Å². The maximum absolute atomic E-state index is 13.2. The fourth-order valence-corrected chi connectivity index (χ4v) is 6.43. The molecule has 0 amide bonds. The largest absolute Gasteiger partial charge is 0.479 e. The van der Waals surface area contributed by atoms with Crippen molar-refractivity contribution in [2.45, 2.75) is 110 Å². The number of nitrogens with zero attached hydrogens (tertiary/aromatic N) is 1. The van der Waals surface area contributed by atoms with Crippen molar-refractivity contribution >= 4 is 15.4 Å². The van der Waals surface area contributed by atoms with Crippen LogP contribution < -0.4 is 11.2 Å². The van der Waals surface area contributed by atoms with E-state index in [2.05, 4.69) is 11.2 Å². The highest BCUT2D eigenvalue weighted by molar-refractivity contribution is 7.63. The van der Waals surface area contributed by atoms with Crippen molar-refractivity contribution < 1.29 is 41.6 Å². The van der Waals surface area contributed by atoms with E-state index >= 15 is 0 Å². The highest BCUT2D eigenvalue weighted by Crippen LogP contribution is 2.59.